The molecule has 0 aromatic rings. The van der Waals surface area contributed by atoms with Crippen LogP contribution in [0.15, 0.2) is 0 Å². The number of esters is 4. The minimum atomic E-state index is -4.96. The van der Waals surface area contributed by atoms with Gasteiger partial charge in [-0.3, -0.25) is 37.3 Å². The van der Waals surface area contributed by atoms with Gasteiger partial charge in [0.25, 0.3) is 0 Å². The van der Waals surface area contributed by atoms with E-state index in [2.05, 4.69) is 34.6 Å². The Bertz CT molecular complexity index is 1940. The molecule has 5 atom stereocenters. The van der Waals surface area contributed by atoms with Gasteiger partial charge < -0.3 is 33.8 Å². The lowest BCUT2D eigenvalue weighted by atomic mass is 10.0. The van der Waals surface area contributed by atoms with Crippen molar-refractivity contribution in [1.29, 1.82) is 0 Å². The second kappa shape index (κ2) is 75.9. The topological polar surface area (TPSA) is 237 Å². The smallest absolute Gasteiger partial charge is 0.462 e. The minimum Gasteiger partial charge on any atom is -0.462 e. The molecule has 0 aliphatic carbocycles. The van der Waals surface area contributed by atoms with Gasteiger partial charge in [0.05, 0.1) is 26.4 Å². The zero-order chi connectivity index (χ0) is 74.8. The Morgan fingerprint density at radius 2 is 0.451 bits per heavy atom. The molecule has 0 aromatic carbocycles. The first kappa shape index (κ1) is 100. The Balaban J connectivity index is 5.22. The van der Waals surface area contributed by atoms with Crippen LogP contribution in [0.4, 0.5) is 0 Å². The highest BCUT2D eigenvalue weighted by Crippen LogP contribution is 2.45. The summed E-state index contributed by atoms with van der Waals surface area (Å²) in [4.78, 5) is 73.1. The van der Waals surface area contributed by atoms with E-state index in [-0.39, 0.29) is 25.7 Å². The number of aliphatic hydroxyl groups is 1. The lowest BCUT2D eigenvalue weighted by Crippen LogP contribution is -2.30. The number of hydrogen-bond acceptors (Lipinski definition) is 15. The monoisotopic (exact) mass is 1490 g/mol. The summed E-state index contributed by atoms with van der Waals surface area (Å²) in [7, 11) is -9.92. The van der Waals surface area contributed by atoms with Crippen LogP contribution in [0.2, 0.25) is 0 Å². The van der Waals surface area contributed by atoms with Gasteiger partial charge in [-0.05, 0) is 31.6 Å². The summed E-state index contributed by atoms with van der Waals surface area (Å²) in [5.74, 6) is -1.34. The summed E-state index contributed by atoms with van der Waals surface area (Å²) in [6.07, 6.45) is 68.0. The van der Waals surface area contributed by atoms with Crippen molar-refractivity contribution >= 4 is 39.5 Å². The maximum Gasteiger partial charge on any atom is 0.472 e. The van der Waals surface area contributed by atoms with Gasteiger partial charge >= 0.3 is 39.5 Å². The number of phosphoric acid groups is 2. The van der Waals surface area contributed by atoms with E-state index in [1.165, 1.54) is 270 Å². The molecule has 606 valence electrons. The van der Waals surface area contributed by atoms with Crippen LogP contribution >= 0.6 is 15.6 Å². The van der Waals surface area contributed by atoms with Crippen LogP contribution in [-0.4, -0.2) is 96.7 Å². The normalized spacial score (nSPS) is 13.8. The molecule has 0 bridgehead atoms. The lowest BCUT2D eigenvalue weighted by Gasteiger charge is -2.21. The molecule has 0 radical (unpaired) electrons. The van der Waals surface area contributed by atoms with Gasteiger partial charge in [0.2, 0.25) is 0 Å². The fraction of sp³-hybridized carbons (Fsp3) is 0.952. The molecule has 0 heterocycles. The molecule has 0 rings (SSSR count). The molecule has 0 saturated heterocycles. The molecule has 0 saturated carbocycles. The van der Waals surface area contributed by atoms with Crippen LogP contribution < -0.4 is 0 Å². The van der Waals surface area contributed by atoms with E-state index in [0.717, 1.165) is 95.8 Å². The number of ether oxygens (including phenoxy) is 4. The van der Waals surface area contributed by atoms with Crippen molar-refractivity contribution in [2.75, 3.05) is 39.6 Å². The zero-order valence-corrected chi connectivity index (χ0v) is 68.5. The number of phosphoric ester groups is 2. The molecular weight excluding hydrogens is 1330 g/mol. The van der Waals surface area contributed by atoms with E-state index < -0.39 is 97.5 Å². The third-order valence-corrected chi connectivity index (χ3v) is 21.4. The number of carbonyl (C=O) groups excluding carboxylic acids is 4. The largest absolute Gasteiger partial charge is 0.472 e. The van der Waals surface area contributed by atoms with E-state index in [4.69, 9.17) is 37.0 Å². The molecule has 0 aliphatic heterocycles. The highest BCUT2D eigenvalue weighted by molar-refractivity contribution is 7.47. The summed E-state index contributed by atoms with van der Waals surface area (Å²) < 4.78 is 68.8. The summed E-state index contributed by atoms with van der Waals surface area (Å²) in [5.41, 5.74) is 0. The molecule has 0 aromatic heterocycles. The van der Waals surface area contributed by atoms with Crippen molar-refractivity contribution in [3.05, 3.63) is 0 Å². The lowest BCUT2D eigenvalue weighted by molar-refractivity contribution is -0.161. The summed E-state index contributed by atoms with van der Waals surface area (Å²) in [6, 6.07) is 0. The van der Waals surface area contributed by atoms with Crippen LogP contribution in [0.3, 0.4) is 0 Å². The fourth-order valence-corrected chi connectivity index (χ4v) is 14.5. The van der Waals surface area contributed by atoms with Crippen molar-refractivity contribution in [1.82, 2.24) is 0 Å². The molecule has 3 N–H and O–H groups in total. The van der Waals surface area contributed by atoms with Crippen LogP contribution in [0.5, 0.6) is 0 Å². The van der Waals surface area contributed by atoms with Crippen molar-refractivity contribution < 1.29 is 80.2 Å². The predicted molar refractivity (Wildman–Crippen MR) is 418 cm³/mol. The standard InChI is InChI=1S/C83H162O17P2/c1-6-9-12-15-18-21-24-26-28-30-32-33-35-37-39-43-48-53-58-63-68-82(87)99-79(73-94-81(86)67-62-57-52-47-42-38-36-34-31-29-27-25-22-19-16-13-10-7-2)75-98-102(91,92)96-71-77(84)70-95-101(89,90)97-74-78(72-93-80(85)66-61-56-51-46-23-20-17-14-11-8-3)100-83(88)69-64-59-54-49-44-40-41-45-50-55-60-65-76(4)5/h76-79,84H,6-75H2,1-5H3,(H,89,90)(H,91,92)/t77-,78+,79+/m0/s1. The molecule has 0 spiro atoms. The third-order valence-electron chi connectivity index (χ3n) is 19.5. The van der Waals surface area contributed by atoms with Crippen LogP contribution in [0.25, 0.3) is 0 Å². The molecule has 0 fully saturated rings. The van der Waals surface area contributed by atoms with Gasteiger partial charge in [-0.1, -0.05) is 394 Å². The van der Waals surface area contributed by atoms with Gasteiger partial charge in [0.15, 0.2) is 12.2 Å². The van der Waals surface area contributed by atoms with E-state index in [1.54, 1.807) is 0 Å². The fourth-order valence-electron chi connectivity index (χ4n) is 12.9. The van der Waals surface area contributed by atoms with Crippen LogP contribution in [0.1, 0.15) is 446 Å². The molecule has 102 heavy (non-hydrogen) atoms. The Morgan fingerprint density at radius 3 is 0.667 bits per heavy atom. The van der Waals surface area contributed by atoms with Crippen molar-refractivity contribution in [3.8, 4) is 0 Å². The first-order valence-electron chi connectivity index (χ1n) is 43.1. The number of carbonyl (C=O) groups is 4. The SMILES string of the molecule is CCCCCCCCCCCCCCCCCCCCCCC(=O)O[C@H](COC(=O)CCCCCCCCCCCCCCCCCCCC)COP(=O)(O)OC[C@@H](O)COP(=O)(O)OC[C@@H](COC(=O)CCCCCCCCCCCC)OC(=O)CCCCCCCCCCCCCC(C)C. The average Bonchev–Trinajstić information content (AvgIpc) is 0.920. The highest BCUT2D eigenvalue weighted by atomic mass is 31.2. The molecule has 0 aliphatic rings. The molecule has 19 heteroatoms. The molecule has 17 nitrogen and oxygen atoms in total. The van der Waals surface area contributed by atoms with Gasteiger partial charge in [-0.15, -0.1) is 0 Å². The van der Waals surface area contributed by atoms with Crippen molar-refractivity contribution in [2.24, 2.45) is 5.92 Å². The Kier molecular flexibility index (Phi) is 74.4. The van der Waals surface area contributed by atoms with E-state index in [1.807, 2.05) is 0 Å². The third kappa shape index (κ3) is 76.3. The molecule has 2 unspecified atom stereocenters. The minimum absolute atomic E-state index is 0.107. The first-order valence-corrected chi connectivity index (χ1v) is 46.1. The first-order chi connectivity index (χ1) is 49.5. The van der Waals surface area contributed by atoms with Gasteiger partial charge in [-0.25, -0.2) is 9.13 Å². The van der Waals surface area contributed by atoms with Crippen LogP contribution in [0, 0.1) is 5.92 Å². The summed E-state index contributed by atoms with van der Waals surface area (Å²) >= 11 is 0. The molecule has 0 amide bonds. The number of unbranched alkanes of at least 4 members (excludes halogenated alkanes) is 55. The second-order valence-electron chi connectivity index (χ2n) is 30.3. The quantitative estimate of drug-likeness (QED) is 0.0222. The Hall–Kier alpha value is -1.94. The van der Waals surface area contributed by atoms with Gasteiger partial charge in [0, 0.05) is 25.7 Å². The zero-order valence-electron chi connectivity index (χ0n) is 66.8. The summed E-state index contributed by atoms with van der Waals surface area (Å²) in [6.45, 7) is 7.34. The van der Waals surface area contributed by atoms with Gasteiger partial charge in [-0.2, -0.15) is 0 Å². The maximum atomic E-state index is 13.1. The van der Waals surface area contributed by atoms with Crippen molar-refractivity contribution in [3.63, 3.8) is 0 Å². The van der Waals surface area contributed by atoms with Crippen LogP contribution in [-0.2, 0) is 65.4 Å². The number of hydrogen-bond donors (Lipinski definition) is 3. The highest BCUT2D eigenvalue weighted by Gasteiger charge is 2.30. The number of rotatable bonds is 83. The second-order valence-corrected chi connectivity index (χ2v) is 33.3. The van der Waals surface area contributed by atoms with E-state index in [0.29, 0.717) is 25.7 Å². The predicted octanol–water partition coefficient (Wildman–Crippen LogP) is 25.2. The molecular formula is C83H162O17P2. The van der Waals surface area contributed by atoms with E-state index in [9.17, 15) is 43.2 Å². The maximum absolute atomic E-state index is 13.1. The van der Waals surface area contributed by atoms with Crippen molar-refractivity contribution in [2.45, 2.75) is 464 Å². The summed E-state index contributed by atoms with van der Waals surface area (Å²) in [5, 5.41) is 10.7. The number of aliphatic hydroxyl groups excluding tert-OH is 1. The average molecular weight is 1490 g/mol. The Morgan fingerprint density at radius 1 is 0.265 bits per heavy atom. The van der Waals surface area contributed by atoms with Gasteiger partial charge in [0.1, 0.15) is 19.3 Å². The Labute approximate surface area is 626 Å². The van der Waals surface area contributed by atoms with E-state index >= 15 is 0 Å².